The first-order valence-electron chi connectivity index (χ1n) is 6.53. The average Bonchev–Trinajstić information content (AvgIpc) is 2.87. The van der Waals surface area contributed by atoms with E-state index in [1.807, 2.05) is 38.5 Å². The van der Waals surface area contributed by atoms with Crippen LogP contribution in [0.5, 0.6) is 0 Å². The summed E-state index contributed by atoms with van der Waals surface area (Å²) < 4.78 is 3.36. The third-order valence-corrected chi connectivity index (χ3v) is 3.63. The van der Waals surface area contributed by atoms with Crippen molar-refractivity contribution in [2.45, 2.75) is 6.92 Å². The molecule has 3 aromatic rings. The normalized spacial score (nSPS) is 10.8. The summed E-state index contributed by atoms with van der Waals surface area (Å²) in [5.74, 6) is 0. The van der Waals surface area contributed by atoms with Gasteiger partial charge in [-0.05, 0) is 36.8 Å². The number of halogens is 1. The van der Waals surface area contributed by atoms with Crippen LogP contribution in [0.4, 0.5) is 0 Å². The molecule has 0 aliphatic carbocycles. The van der Waals surface area contributed by atoms with Crippen molar-refractivity contribution in [3.63, 3.8) is 0 Å². The number of benzene rings is 1. The van der Waals surface area contributed by atoms with Crippen LogP contribution in [0, 0.1) is 6.92 Å². The second-order valence-electron chi connectivity index (χ2n) is 4.96. The molecule has 2 aromatic heterocycles. The maximum absolute atomic E-state index is 12.2. The molecule has 0 unspecified atom stereocenters. The maximum atomic E-state index is 12.2. The van der Waals surface area contributed by atoms with Gasteiger partial charge in [-0.3, -0.25) is 14.0 Å². The highest BCUT2D eigenvalue weighted by molar-refractivity contribution is 6.30. The van der Waals surface area contributed by atoms with Crippen molar-refractivity contribution in [3.05, 3.63) is 69.9 Å². The topological polar surface area (TPSA) is 39.8 Å². The maximum Gasteiger partial charge on any atom is 0.255 e. The minimum Gasteiger partial charge on any atom is -0.284 e. The standard InChI is InChI=1S/C16H14ClN3O/c1-11-7-16(21)20(14-5-3-13(17)4-6-14)10-15(11)12-8-18-19(2)9-12/h3-10H,1-2H3. The van der Waals surface area contributed by atoms with E-state index in [0.717, 1.165) is 22.4 Å². The van der Waals surface area contributed by atoms with Crippen molar-refractivity contribution < 1.29 is 0 Å². The molecule has 0 spiro atoms. The Morgan fingerprint density at radius 2 is 1.86 bits per heavy atom. The molecule has 21 heavy (non-hydrogen) atoms. The lowest BCUT2D eigenvalue weighted by Gasteiger charge is -2.10. The molecule has 0 atom stereocenters. The van der Waals surface area contributed by atoms with E-state index in [-0.39, 0.29) is 5.56 Å². The Labute approximate surface area is 127 Å². The number of pyridine rings is 1. The number of aromatic nitrogens is 3. The van der Waals surface area contributed by atoms with Crippen LogP contribution in [-0.2, 0) is 7.05 Å². The molecule has 4 nitrogen and oxygen atoms in total. The quantitative estimate of drug-likeness (QED) is 0.729. The minimum absolute atomic E-state index is 0.0672. The largest absolute Gasteiger partial charge is 0.284 e. The van der Waals surface area contributed by atoms with Crippen molar-refractivity contribution in [3.8, 4) is 16.8 Å². The molecule has 0 N–H and O–H groups in total. The Hall–Kier alpha value is -2.33. The van der Waals surface area contributed by atoms with Gasteiger partial charge in [-0.1, -0.05) is 11.6 Å². The van der Waals surface area contributed by atoms with E-state index in [4.69, 9.17) is 11.6 Å². The van der Waals surface area contributed by atoms with E-state index in [0.29, 0.717) is 5.02 Å². The fourth-order valence-corrected chi connectivity index (χ4v) is 2.42. The molecule has 0 bridgehead atoms. The summed E-state index contributed by atoms with van der Waals surface area (Å²) in [6.45, 7) is 1.93. The van der Waals surface area contributed by atoms with Gasteiger partial charge in [0.15, 0.2) is 0 Å². The Morgan fingerprint density at radius 3 is 2.48 bits per heavy atom. The van der Waals surface area contributed by atoms with E-state index in [1.54, 1.807) is 33.6 Å². The molecule has 3 rings (SSSR count). The Morgan fingerprint density at radius 1 is 1.14 bits per heavy atom. The highest BCUT2D eigenvalue weighted by Crippen LogP contribution is 2.22. The highest BCUT2D eigenvalue weighted by Gasteiger charge is 2.09. The van der Waals surface area contributed by atoms with Gasteiger partial charge in [-0.25, -0.2) is 0 Å². The third-order valence-electron chi connectivity index (χ3n) is 3.38. The molecular weight excluding hydrogens is 286 g/mol. The van der Waals surface area contributed by atoms with Crippen LogP contribution in [0.3, 0.4) is 0 Å². The summed E-state index contributed by atoms with van der Waals surface area (Å²) in [5.41, 5.74) is 3.62. The van der Waals surface area contributed by atoms with Gasteiger partial charge in [-0.15, -0.1) is 0 Å². The molecule has 0 aliphatic heterocycles. The van der Waals surface area contributed by atoms with E-state index in [2.05, 4.69) is 5.10 Å². The van der Waals surface area contributed by atoms with Crippen LogP contribution in [0.15, 0.2) is 53.7 Å². The lowest BCUT2D eigenvalue weighted by Crippen LogP contribution is -2.17. The lowest BCUT2D eigenvalue weighted by molar-refractivity contribution is 0.768. The van der Waals surface area contributed by atoms with Gasteiger partial charge >= 0.3 is 0 Å². The summed E-state index contributed by atoms with van der Waals surface area (Å²) in [6.07, 6.45) is 5.57. The van der Waals surface area contributed by atoms with E-state index >= 15 is 0 Å². The van der Waals surface area contributed by atoms with Crippen LogP contribution in [0.2, 0.25) is 5.02 Å². The van der Waals surface area contributed by atoms with Crippen LogP contribution < -0.4 is 5.56 Å². The first-order chi connectivity index (χ1) is 10.0. The predicted molar refractivity (Wildman–Crippen MR) is 84.0 cm³/mol. The fourth-order valence-electron chi connectivity index (χ4n) is 2.29. The van der Waals surface area contributed by atoms with E-state index < -0.39 is 0 Å². The van der Waals surface area contributed by atoms with Gasteiger partial charge < -0.3 is 0 Å². The molecule has 0 fully saturated rings. The minimum atomic E-state index is -0.0672. The van der Waals surface area contributed by atoms with Gasteiger partial charge in [0.05, 0.1) is 6.20 Å². The molecule has 106 valence electrons. The number of hydrogen-bond acceptors (Lipinski definition) is 2. The van der Waals surface area contributed by atoms with Crippen molar-refractivity contribution in [2.24, 2.45) is 7.05 Å². The van der Waals surface area contributed by atoms with Gasteiger partial charge in [0.25, 0.3) is 5.56 Å². The highest BCUT2D eigenvalue weighted by atomic mass is 35.5. The molecule has 5 heteroatoms. The molecule has 2 heterocycles. The summed E-state index contributed by atoms with van der Waals surface area (Å²) in [4.78, 5) is 12.2. The van der Waals surface area contributed by atoms with Gasteiger partial charge in [-0.2, -0.15) is 5.10 Å². The molecular formula is C16H14ClN3O. The van der Waals surface area contributed by atoms with Crippen LogP contribution in [-0.4, -0.2) is 14.3 Å². The lowest BCUT2D eigenvalue weighted by atomic mass is 10.1. The predicted octanol–water partition coefficient (Wildman–Crippen LogP) is 3.20. The number of aryl methyl sites for hydroxylation is 2. The van der Waals surface area contributed by atoms with Crippen molar-refractivity contribution >= 4 is 11.6 Å². The zero-order valence-corrected chi connectivity index (χ0v) is 12.5. The monoisotopic (exact) mass is 299 g/mol. The first kappa shape index (κ1) is 13.6. The number of rotatable bonds is 2. The van der Waals surface area contributed by atoms with Crippen LogP contribution in [0.1, 0.15) is 5.56 Å². The van der Waals surface area contributed by atoms with Crippen molar-refractivity contribution in [1.82, 2.24) is 14.3 Å². The third kappa shape index (κ3) is 2.62. The molecule has 0 saturated heterocycles. The second kappa shape index (κ2) is 5.22. The summed E-state index contributed by atoms with van der Waals surface area (Å²) in [5, 5.41) is 4.83. The summed E-state index contributed by atoms with van der Waals surface area (Å²) in [7, 11) is 1.87. The molecule has 0 radical (unpaired) electrons. The average molecular weight is 300 g/mol. The van der Waals surface area contributed by atoms with Crippen molar-refractivity contribution in [2.75, 3.05) is 0 Å². The zero-order chi connectivity index (χ0) is 15.0. The molecule has 0 amide bonds. The van der Waals surface area contributed by atoms with Crippen LogP contribution >= 0.6 is 11.6 Å². The molecule has 0 aliphatic rings. The number of nitrogens with zero attached hydrogens (tertiary/aromatic N) is 3. The van der Waals surface area contributed by atoms with Gasteiger partial charge in [0.1, 0.15) is 0 Å². The van der Waals surface area contributed by atoms with Crippen LogP contribution in [0.25, 0.3) is 16.8 Å². The molecule has 1 aromatic carbocycles. The van der Waals surface area contributed by atoms with E-state index in [9.17, 15) is 4.79 Å². The zero-order valence-electron chi connectivity index (χ0n) is 11.7. The first-order valence-corrected chi connectivity index (χ1v) is 6.90. The van der Waals surface area contributed by atoms with Gasteiger partial charge in [0, 0.05) is 47.3 Å². The Kier molecular flexibility index (Phi) is 3.39. The summed E-state index contributed by atoms with van der Waals surface area (Å²) in [6, 6.07) is 8.83. The van der Waals surface area contributed by atoms with E-state index in [1.165, 1.54) is 0 Å². The molecule has 0 saturated carbocycles. The number of hydrogen-bond donors (Lipinski definition) is 0. The van der Waals surface area contributed by atoms with Crippen molar-refractivity contribution in [1.29, 1.82) is 0 Å². The second-order valence-corrected chi connectivity index (χ2v) is 5.39. The fraction of sp³-hybridized carbons (Fsp3) is 0.125. The van der Waals surface area contributed by atoms with Gasteiger partial charge in [0.2, 0.25) is 0 Å². The Balaban J connectivity index is 2.18. The smallest absolute Gasteiger partial charge is 0.255 e. The Bertz CT molecular complexity index is 847. The SMILES string of the molecule is Cc1cc(=O)n(-c2ccc(Cl)cc2)cc1-c1cnn(C)c1. The summed E-state index contributed by atoms with van der Waals surface area (Å²) >= 11 is 5.90.